The minimum atomic E-state index is -0.334. The summed E-state index contributed by atoms with van der Waals surface area (Å²) in [4.78, 5) is 12.2. The van der Waals surface area contributed by atoms with Crippen molar-refractivity contribution in [2.45, 2.75) is 52.7 Å². The Hall–Kier alpha value is -2.50. The van der Waals surface area contributed by atoms with Gasteiger partial charge in [-0.2, -0.15) is 5.10 Å². The lowest BCUT2D eigenvalue weighted by Gasteiger charge is -2.23. The van der Waals surface area contributed by atoms with Gasteiger partial charge in [-0.3, -0.25) is 5.10 Å². The Bertz CT molecular complexity index is 688. The fraction of sp³-hybridized carbons (Fsp3) is 0.444. The smallest absolute Gasteiger partial charge is 0.319 e. The summed E-state index contributed by atoms with van der Waals surface area (Å²) >= 11 is 0. The average molecular weight is 330 g/mol. The van der Waals surface area contributed by atoms with Crippen molar-refractivity contribution in [3.63, 3.8) is 0 Å². The van der Waals surface area contributed by atoms with Crippen molar-refractivity contribution in [2.24, 2.45) is 0 Å². The number of H-pyrrole nitrogens is 1. The standard InChI is InChI=1S/C18H26N4O2/c1-12(10-14-11-13(2)21-22-14)19-17(23)20-15-8-6-7-9-16(15)24-18(3,4)5/h6-9,11-12H,10H2,1-5H3,(H,21,22)(H2,19,20,23). The van der Waals surface area contributed by atoms with Crippen LogP contribution in [0.15, 0.2) is 30.3 Å². The Morgan fingerprint density at radius 2 is 2.04 bits per heavy atom. The maximum Gasteiger partial charge on any atom is 0.319 e. The van der Waals surface area contributed by atoms with E-state index in [4.69, 9.17) is 4.74 Å². The zero-order valence-electron chi connectivity index (χ0n) is 14.9. The molecule has 0 fully saturated rings. The van der Waals surface area contributed by atoms with Crippen LogP contribution in [0, 0.1) is 6.92 Å². The van der Waals surface area contributed by atoms with Crippen LogP contribution in [0.2, 0.25) is 0 Å². The summed E-state index contributed by atoms with van der Waals surface area (Å²) in [6, 6.07) is 9.08. The molecule has 1 heterocycles. The number of rotatable bonds is 5. The van der Waals surface area contributed by atoms with Gasteiger partial charge < -0.3 is 15.4 Å². The Balaban J connectivity index is 1.94. The molecule has 0 saturated carbocycles. The van der Waals surface area contributed by atoms with Crippen LogP contribution in [0.1, 0.15) is 39.1 Å². The molecule has 0 bridgehead atoms. The van der Waals surface area contributed by atoms with E-state index in [1.54, 1.807) is 0 Å². The van der Waals surface area contributed by atoms with Crippen molar-refractivity contribution in [2.75, 3.05) is 5.32 Å². The highest BCUT2D eigenvalue weighted by Gasteiger charge is 2.16. The molecule has 0 saturated heterocycles. The number of para-hydroxylation sites is 2. The number of aromatic amines is 1. The highest BCUT2D eigenvalue weighted by atomic mass is 16.5. The number of hydrogen-bond acceptors (Lipinski definition) is 3. The molecule has 1 aromatic heterocycles. The third kappa shape index (κ3) is 5.61. The second kappa shape index (κ2) is 7.38. The van der Waals surface area contributed by atoms with Crippen molar-refractivity contribution < 1.29 is 9.53 Å². The fourth-order valence-electron chi connectivity index (χ4n) is 2.31. The number of urea groups is 1. The maximum absolute atomic E-state index is 12.2. The largest absolute Gasteiger partial charge is 0.486 e. The number of carbonyl (C=O) groups excluding carboxylic acids is 1. The molecule has 3 N–H and O–H groups in total. The summed E-state index contributed by atoms with van der Waals surface area (Å²) < 4.78 is 5.88. The molecule has 1 atom stereocenters. The van der Waals surface area contributed by atoms with Crippen LogP contribution >= 0.6 is 0 Å². The summed E-state index contributed by atoms with van der Waals surface area (Å²) in [5.74, 6) is 0.649. The number of nitrogens with one attached hydrogen (secondary N) is 3. The van der Waals surface area contributed by atoms with E-state index in [1.165, 1.54) is 0 Å². The van der Waals surface area contributed by atoms with Crippen LogP contribution < -0.4 is 15.4 Å². The van der Waals surface area contributed by atoms with Crippen LogP contribution in [0.5, 0.6) is 5.75 Å². The topological polar surface area (TPSA) is 79.0 Å². The quantitative estimate of drug-likeness (QED) is 0.783. The van der Waals surface area contributed by atoms with Crippen molar-refractivity contribution >= 4 is 11.7 Å². The first-order valence-corrected chi connectivity index (χ1v) is 8.09. The monoisotopic (exact) mass is 330 g/mol. The van der Waals surface area contributed by atoms with Crippen LogP contribution in [-0.2, 0) is 6.42 Å². The molecule has 6 nitrogen and oxygen atoms in total. The van der Waals surface area contributed by atoms with Gasteiger partial charge in [0.1, 0.15) is 11.4 Å². The molecule has 2 rings (SSSR count). The number of anilines is 1. The summed E-state index contributed by atoms with van der Waals surface area (Å²) in [6.45, 7) is 9.81. The van der Waals surface area contributed by atoms with E-state index in [0.29, 0.717) is 17.9 Å². The number of carbonyl (C=O) groups is 1. The molecule has 0 radical (unpaired) electrons. The van der Waals surface area contributed by atoms with Gasteiger partial charge in [0.2, 0.25) is 0 Å². The third-order valence-electron chi connectivity index (χ3n) is 3.20. The van der Waals surface area contributed by atoms with Gasteiger partial charge >= 0.3 is 6.03 Å². The van der Waals surface area contributed by atoms with Gasteiger partial charge in [0.05, 0.1) is 11.4 Å². The second-order valence-electron chi connectivity index (χ2n) is 6.96. The van der Waals surface area contributed by atoms with Gasteiger partial charge in [0.25, 0.3) is 0 Å². The minimum absolute atomic E-state index is 0.0385. The number of aryl methyl sites for hydroxylation is 1. The second-order valence-corrected chi connectivity index (χ2v) is 6.96. The van der Waals surface area contributed by atoms with Gasteiger partial charge in [-0.15, -0.1) is 0 Å². The Kier molecular flexibility index (Phi) is 5.49. The zero-order valence-corrected chi connectivity index (χ0v) is 14.9. The Morgan fingerprint density at radius 1 is 1.33 bits per heavy atom. The maximum atomic E-state index is 12.2. The van der Waals surface area contributed by atoms with Gasteiger partial charge in [0.15, 0.2) is 0 Å². The highest BCUT2D eigenvalue weighted by molar-refractivity contribution is 5.91. The SMILES string of the molecule is Cc1cc(CC(C)NC(=O)Nc2ccccc2OC(C)(C)C)n[nH]1. The number of amides is 2. The highest BCUT2D eigenvalue weighted by Crippen LogP contribution is 2.27. The van der Waals surface area contributed by atoms with Gasteiger partial charge in [-0.25, -0.2) is 4.79 Å². The first-order chi connectivity index (χ1) is 11.2. The molecule has 24 heavy (non-hydrogen) atoms. The lowest BCUT2D eigenvalue weighted by Crippen LogP contribution is -2.37. The number of aromatic nitrogens is 2. The molecule has 130 valence electrons. The number of nitrogens with zero attached hydrogens (tertiary/aromatic N) is 1. The van der Waals surface area contributed by atoms with Crippen molar-refractivity contribution in [1.82, 2.24) is 15.5 Å². The molecule has 6 heteroatoms. The molecule has 0 aliphatic rings. The van der Waals surface area contributed by atoms with E-state index >= 15 is 0 Å². The predicted octanol–water partition coefficient (Wildman–Crippen LogP) is 3.65. The molecular weight excluding hydrogens is 304 g/mol. The van der Waals surface area contributed by atoms with Crippen LogP contribution in [0.25, 0.3) is 0 Å². The first kappa shape index (κ1) is 17.8. The first-order valence-electron chi connectivity index (χ1n) is 8.09. The third-order valence-corrected chi connectivity index (χ3v) is 3.20. The van der Waals surface area contributed by atoms with Crippen LogP contribution in [0.3, 0.4) is 0 Å². The Labute approximate surface area is 143 Å². The molecule has 0 aliphatic heterocycles. The van der Waals surface area contributed by atoms with Crippen molar-refractivity contribution in [1.29, 1.82) is 0 Å². The Morgan fingerprint density at radius 3 is 2.67 bits per heavy atom. The minimum Gasteiger partial charge on any atom is -0.486 e. The van der Waals surface area contributed by atoms with E-state index in [9.17, 15) is 4.79 Å². The average Bonchev–Trinajstić information content (AvgIpc) is 2.84. The van der Waals surface area contributed by atoms with Gasteiger partial charge in [0, 0.05) is 18.2 Å². The van der Waals surface area contributed by atoms with E-state index in [-0.39, 0.29) is 17.7 Å². The van der Waals surface area contributed by atoms with E-state index in [1.807, 2.05) is 65.0 Å². The summed E-state index contributed by atoms with van der Waals surface area (Å²) in [5, 5.41) is 12.9. The lowest BCUT2D eigenvalue weighted by molar-refractivity contribution is 0.132. The van der Waals surface area contributed by atoms with Crippen molar-refractivity contribution in [3.05, 3.63) is 41.7 Å². The lowest BCUT2D eigenvalue weighted by atomic mass is 10.2. The molecule has 2 aromatic rings. The molecular formula is C18H26N4O2. The summed E-state index contributed by atoms with van der Waals surface area (Å²) in [7, 11) is 0. The molecule has 1 aromatic carbocycles. The van der Waals surface area contributed by atoms with Crippen LogP contribution in [-0.4, -0.2) is 27.9 Å². The number of benzene rings is 1. The molecule has 0 aliphatic carbocycles. The zero-order chi connectivity index (χ0) is 17.7. The fourth-order valence-corrected chi connectivity index (χ4v) is 2.31. The van der Waals surface area contributed by atoms with Crippen LogP contribution in [0.4, 0.5) is 10.5 Å². The van der Waals surface area contributed by atoms with E-state index in [2.05, 4.69) is 20.8 Å². The predicted molar refractivity (Wildman–Crippen MR) is 95.5 cm³/mol. The van der Waals surface area contributed by atoms with Gasteiger partial charge in [-0.1, -0.05) is 12.1 Å². The number of hydrogen-bond donors (Lipinski definition) is 3. The van der Waals surface area contributed by atoms with E-state index < -0.39 is 0 Å². The van der Waals surface area contributed by atoms with Crippen molar-refractivity contribution in [3.8, 4) is 5.75 Å². The molecule has 2 amide bonds. The van der Waals surface area contributed by atoms with Gasteiger partial charge in [-0.05, 0) is 52.8 Å². The normalized spacial score (nSPS) is 12.5. The van der Waals surface area contributed by atoms with E-state index in [0.717, 1.165) is 11.4 Å². The number of ether oxygens (including phenoxy) is 1. The molecule has 1 unspecified atom stereocenters. The summed E-state index contributed by atoms with van der Waals surface area (Å²) in [6.07, 6.45) is 0.665. The summed E-state index contributed by atoms with van der Waals surface area (Å²) in [5.41, 5.74) is 2.25. The molecule has 0 spiro atoms.